The van der Waals surface area contributed by atoms with Gasteiger partial charge < -0.3 is 14.1 Å². The average Bonchev–Trinajstić information content (AvgIpc) is 3.16. The van der Waals surface area contributed by atoms with Crippen molar-refractivity contribution in [3.8, 4) is 0 Å². The number of rotatable bonds is 6. The van der Waals surface area contributed by atoms with E-state index in [-0.39, 0.29) is 22.1 Å². The molecule has 1 aromatic heterocycles. The zero-order chi connectivity index (χ0) is 21.0. The van der Waals surface area contributed by atoms with Gasteiger partial charge >= 0.3 is 5.97 Å². The number of benzene rings is 1. The van der Waals surface area contributed by atoms with Crippen LogP contribution in [0, 0.1) is 5.92 Å². The predicted octanol–water partition coefficient (Wildman–Crippen LogP) is 3.06. The van der Waals surface area contributed by atoms with Crippen LogP contribution in [0.4, 0.5) is 0 Å². The van der Waals surface area contributed by atoms with Crippen LogP contribution in [0.15, 0.2) is 52.0 Å². The fourth-order valence-electron chi connectivity index (χ4n) is 3.29. The van der Waals surface area contributed by atoms with Gasteiger partial charge in [-0.25, -0.2) is 13.2 Å². The Bertz CT molecular complexity index is 958. The molecule has 0 saturated carbocycles. The molecule has 7 nitrogen and oxygen atoms in total. The molecule has 2 aromatic rings. The number of hydrogen-bond acceptors (Lipinski definition) is 6. The highest BCUT2D eigenvalue weighted by Gasteiger charge is 2.29. The fourth-order valence-corrected chi connectivity index (χ4v) is 4.67. The monoisotopic (exact) mass is 419 g/mol. The van der Waals surface area contributed by atoms with Gasteiger partial charge in [-0.15, -0.1) is 0 Å². The first kappa shape index (κ1) is 21.1. The molecular formula is C21H25NO6S. The van der Waals surface area contributed by atoms with Crippen molar-refractivity contribution in [1.29, 1.82) is 0 Å². The molecule has 1 saturated heterocycles. The number of carbonyl (C=O) groups excluding carboxylic acids is 2. The van der Waals surface area contributed by atoms with Gasteiger partial charge in [0.1, 0.15) is 0 Å². The van der Waals surface area contributed by atoms with E-state index in [1.165, 1.54) is 31.4 Å². The Morgan fingerprint density at radius 1 is 1.17 bits per heavy atom. The lowest BCUT2D eigenvalue weighted by Crippen LogP contribution is -2.44. The number of esters is 1. The van der Waals surface area contributed by atoms with Crippen LogP contribution in [-0.4, -0.2) is 44.4 Å². The van der Waals surface area contributed by atoms with E-state index < -0.39 is 27.7 Å². The van der Waals surface area contributed by atoms with Gasteiger partial charge in [0.15, 0.2) is 15.9 Å². The highest BCUT2D eigenvalue weighted by molar-refractivity contribution is 7.90. The number of likely N-dealkylation sites (tertiary alicyclic amines) is 1. The van der Waals surface area contributed by atoms with Crippen molar-refractivity contribution < 1.29 is 27.2 Å². The molecule has 1 unspecified atom stereocenters. The number of hydrogen-bond donors (Lipinski definition) is 0. The first-order valence-corrected chi connectivity index (χ1v) is 11.3. The highest BCUT2D eigenvalue weighted by atomic mass is 32.2. The standard InChI is InChI=1S/C21H25NO6S/c1-15-8-11-22(12-9-15)20(23)16(2)28-21(24)19-17(10-13-27-19)14-29(25,26)18-6-4-3-5-7-18/h3-7,10,13,15-16H,8-9,11-12,14H2,1-2H3. The summed E-state index contributed by atoms with van der Waals surface area (Å²) in [5.74, 6) is -1.12. The second-order valence-electron chi connectivity index (χ2n) is 7.40. The van der Waals surface area contributed by atoms with E-state index in [0.29, 0.717) is 19.0 Å². The van der Waals surface area contributed by atoms with Gasteiger partial charge in [-0.05, 0) is 43.9 Å². The van der Waals surface area contributed by atoms with Crippen LogP contribution < -0.4 is 0 Å². The van der Waals surface area contributed by atoms with Gasteiger partial charge in [-0.2, -0.15) is 0 Å². The first-order chi connectivity index (χ1) is 13.8. The lowest BCUT2D eigenvalue weighted by Gasteiger charge is -2.31. The van der Waals surface area contributed by atoms with E-state index in [2.05, 4.69) is 6.92 Å². The van der Waals surface area contributed by atoms with Crippen molar-refractivity contribution in [2.75, 3.05) is 13.1 Å². The molecule has 0 spiro atoms. The van der Waals surface area contributed by atoms with Gasteiger partial charge in [0.05, 0.1) is 16.9 Å². The molecule has 0 radical (unpaired) electrons. The van der Waals surface area contributed by atoms with Crippen LogP contribution in [0.1, 0.15) is 42.8 Å². The largest absolute Gasteiger partial charge is 0.457 e. The van der Waals surface area contributed by atoms with Gasteiger partial charge in [-0.3, -0.25) is 4.79 Å². The summed E-state index contributed by atoms with van der Waals surface area (Å²) in [6.07, 6.45) is 2.11. The van der Waals surface area contributed by atoms with Crippen molar-refractivity contribution >= 4 is 21.7 Å². The lowest BCUT2D eigenvalue weighted by atomic mass is 9.99. The number of amides is 1. The molecule has 3 rings (SSSR count). The summed E-state index contributed by atoms with van der Waals surface area (Å²) >= 11 is 0. The molecule has 1 aromatic carbocycles. The van der Waals surface area contributed by atoms with Crippen LogP contribution in [0.5, 0.6) is 0 Å². The molecule has 0 N–H and O–H groups in total. The quantitative estimate of drug-likeness (QED) is 0.668. The topological polar surface area (TPSA) is 93.9 Å². The van der Waals surface area contributed by atoms with Gasteiger partial charge in [0.2, 0.25) is 5.76 Å². The second kappa shape index (κ2) is 8.82. The van der Waals surface area contributed by atoms with Crippen molar-refractivity contribution in [3.05, 3.63) is 54.0 Å². The van der Waals surface area contributed by atoms with Gasteiger partial charge in [0.25, 0.3) is 5.91 Å². The van der Waals surface area contributed by atoms with E-state index in [1.54, 1.807) is 23.1 Å². The van der Waals surface area contributed by atoms with Crippen molar-refractivity contribution in [3.63, 3.8) is 0 Å². The zero-order valence-electron chi connectivity index (χ0n) is 16.5. The number of furan rings is 1. The first-order valence-electron chi connectivity index (χ1n) is 9.62. The number of ether oxygens (including phenoxy) is 1. The highest BCUT2D eigenvalue weighted by Crippen LogP contribution is 2.22. The molecule has 1 amide bonds. The van der Waals surface area contributed by atoms with Gasteiger partial charge in [-0.1, -0.05) is 25.1 Å². The van der Waals surface area contributed by atoms with Gasteiger partial charge in [0, 0.05) is 18.7 Å². The average molecular weight is 419 g/mol. The fraction of sp³-hybridized carbons (Fsp3) is 0.429. The molecule has 8 heteroatoms. The Kier molecular flexibility index (Phi) is 6.42. The predicted molar refractivity (Wildman–Crippen MR) is 106 cm³/mol. The molecule has 0 bridgehead atoms. The number of sulfone groups is 1. The van der Waals surface area contributed by atoms with Crippen LogP contribution >= 0.6 is 0 Å². The van der Waals surface area contributed by atoms with Crippen molar-refractivity contribution in [2.45, 2.75) is 43.4 Å². The smallest absolute Gasteiger partial charge is 0.375 e. The Hall–Kier alpha value is -2.61. The Morgan fingerprint density at radius 2 is 1.83 bits per heavy atom. The third kappa shape index (κ3) is 5.06. The minimum absolute atomic E-state index is 0.156. The third-order valence-corrected chi connectivity index (χ3v) is 6.79. The second-order valence-corrected chi connectivity index (χ2v) is 9.39. The summed E-state index contributed by atoms with van der Waals surface area (Å²) in [5, 5.41) is 0. The Morgan fingerprint density at radius 3 is 2.48 bits per heavy atom. The molecular weight excluding hydrogens is 394 g/mol. The van der Waals surface area contributed by atoms with Crippen LogP contribution in [0.2, 0.25) is 0 Å². The van der Waals surface area contributed by atoms with E-state index in [0.717, 1.165) is 12.8 Å². The SMILES string of the molecule is CC1CCN(C(=O)C(C)OC(=O)c2occc2CS(=O)(=O)c2ccccc2)CC1. The van der Waals surface area contributed by atoms with Crippen LogP contribution in [0.3, 0.4) is 0 Å². The van der Waals surface area contributed by atoms with E-state index >= 15 is 0 Å². The number of piperidine rings is 1. The summed E-state index contributed by atoms with van der Waals surface area (Å²) in [4.78, 5) is 26.9. The summed E-state index contributed by atoms with van der Waals surface area (Å²) in [7, 11) is -3.65. The van der Waals surface area contributed by atoms with E-state index in [9.17, 15) is 18.0 Å². The number of carbonyl (C=O) groups is 2. The maximum atomic E-state index is 12.6. The molecule has 2 heterocycles. The third-order valence-electron chi connectivity index (χ3n) is 5.11. The molecule has 156 valence electrons. The van der Waals surface area contributed by atoms with Crippen LogP contribution in [-0.2, 0) is 25.1 Å². The molecule has 1 atom stereocenters. The Labute approximate surface area is 170 Å². The zero-order valence-corrected chi connectivity index (χ0v) is 17.4. The summed E-state index contributed by atoms with van der Waals surface area (Å²) < 4.78 is 35.6. The minimum atomic E-state index is -3.65. The summed E-state index contributed by atoms with van der Waals surface area (Å²) in [6.45, 7) is 4.95. The lowest BCUT2D eigenvalue weighted by molar-refractivity contribution is -0.141. The van der Waals surface area contributed by atoms with Crippen LogP contribution in [0.25, 0.3) is 0 Å². The molecule has 1 fully saturated rings. The normalized spacial score (nSPS) is 16.4. The minimum Gasteiger partial charge on any atom is -0.457 e. The maximum absolute atomic E-state index is 12.6. The number of nitrogens with zero attached hydrogens (tertiary/aromatic N) is 1. The maximum Gasteiger partial charge on any atom is 0.375 e. The van der Waals surface area contributed by atoms with E-state index in [4.69, 9.17) is 9.15 Å². The summed E-state index contributed by atoms with van der Waals surface area (Å²) in [5.41, 5.74) is 0.199. The molecule has 1 aliphatic rings. The van der Waals surface area contributed by atoms with E-state index in [1.807, 2.05) is 0 Å². The van der Waals surface area contributed by atoms with Crippen molar-refractivity contribution in [1.82, 2.24) is 4.90 Å². The summed E-state index contributed by atoms with van der Waals surface area (Å²) in [6, 6.07) is 9.40. The molecule has 29 heavy (non-hydrogen) atoms. The molecule has 0 aliphatic carbocycles. The van der Waals surface area contributed by atoms with Crippen molar-refractivity contribution in [2.24, 2.45) is 5.92 Å². The Balaban J connectivity index is 1.67. The molecule has 1 aliphatic heterocycles.